The van der Waals surface area contributed by atoms with Crippen molar-refractivity contribution in [3.8, 4) is 0 Å². The molecule has 0 radical (unpaired) electrons. The van der Waals surface area contributed by atoms with E-state index >= 15 is 0 Å². The van der Waals surface area contributed by atoms with Crippen LogP contribution >= 0.6 is 0 Å². The van der Waals surface area contributed by atoms with Crippen LogP contribution < -0.4 is 5.73 Å². The molecule has 4 rings (SSSR count). The highest BCUT2D eigenvalue weighted by molar-refractivity contribution is 5.94. The van der Waals surface area contributed by atoms with E-state index in [9.17, 15) is 4.79 Å². The summed E-state index contributed by atoms with van der Waals surface area (Å²) in [6, 6.07) is 17.9. The van der Waals surface area contributed by atoms with Gasteiger partial charge in [0.05, 0.1) is 18.8 Å². The quantitative estimate of drug-likeness (QED) is 0.868. The average Bonchev–Trinajstić information content (AvgIpc) is 3.27. The molecule has 28 heavy (non-hydrogen) atoms. The van der Waals surface area contributed by atoms with Crippen molar-refractivity contribution in [3.63, 3.8) is 0 Å². The van der Waals surface area contributed by atoms with Gasteiger partial charge in [0, 0.05) is 25.2 Å². The first kappa shape index (κ1) is 19.1. The molecule has 0 unspecified atom stereocenters. The van der Waals surface area contributed by atoms with Gasteiger partial charge in [-0.15, -0.1) is 0 Å². The molecule has 5 nitrogen and oxygen atoms in total. The van der Waals surface area contributed by atoms with E-state index in [1.54, 1.807) is 0 Å². The fourth-order valence-electron chi connectivity index (χ4n) is 4.33. The average molecular weight is 380 g/mol. The highest BCUT2D eigenvalue weighted by Gasteiger charge is 2.37. The van der Waals surface area contributed by atoms with Gasteiger partial charge < -0.3 is 20.3 Å². The van der Waals surface area contributed by atoms with Crippen LogP contribution in [0.5, 0.6) is 0 Å². The maximum Gasteiger partial charge on any atom is 0.254 e. The first-order valence-electron chi connectivity index (χ1n) is 10.2. The number of benzene rings is 2. The zero-order valence-corrected chi connectivity index (χ0v) is 16.3. The van der Waals surface area contributed by atoms with Gasteiger partial charge in [-0.25, -0.2) is 0 Å². The van der Waals surface area contributed by atoms with Crippen molar-refractivity contribution in [3.05, 3.63) is 71.3 Å². The van der Waals surface area contributed by atoms with Crippen LogP contribution in [-0.4, -0.2) is 54.6 Å². The third kappa shape index (κ3) is 4.12. The Bertz CT molecular complexity index is 772. The summed E-state index contributed by atoms with van der Waals surface area (Å²) in [7, 11) is 0. The van der Waals surface area contributed by atoms with E-state index in [1.165, 1.54) is 12.8 Å². The summed E-state index contributed by atoms with van der Waals surface area (Å²) in [5.41, 5.74) is 8.57. The smallest absolute Gasteiger partial charge is 0.254 e. The molecule has 2 aliphatic rings. The molecule has 2 saturated heterocycles. The molecular weight excluding hydrogens is 350 g/mol. The van der Waals surface area contributed by atoms with Crippen LogP contribution in [0.2, 0.25) is 0 Å². The van der Waals surface area contributed by atoms with Crippen LogP contribution in [0.15, 0.2) is 54.6 Å². The van der Waals surface area contributed by atoms with E-state index in [1.807, 2.05) is 47.4 Å². The van der Waals surface area contributed by atoms with Crippen molar-refractivity contribution in [2.24, 2.45) is 5.73 Å². The third-order valence-electron chi connectivity index (χ3n) is 5.83. The van der Waals surface area contributed by atoms with Crippen LogP contribution in [0, 0.1) is 0 Å². The summed E-state index contributed by atoms with van der Waals surface area (Å²) in [6.07, 6.45) is 2.49. The topological polar surface area (TPSA) is 58.8 Å². The minimum atomic E-state index is -0.0720. The number of nitrogens with two attached hydrogens (primary N) is 1. The van der Waals surface area contributed by atoms with E-state index < -0.39 is 0 Å². The highest BCUT2D eigenvalue weighted by Crippen LogP contribution is 2.32. The maximum absolute atomic E-state index is 13.4. The SMILES string of the molecule is NCc1ccc(C(=O)N2CCO[C@@H](CN3CCCC3)[C@@H]2c2ccccc2)cc1. The largest absolute Gasteiger partial charge is 0.373 e. The van der Waals surface area contributed by atoms with E-state index in [4.69, 9.17) is 10.5 Å². The van der Waals surface area contributed by atoms with Gasteiger partial charge in [-0.3, -0.25) is 4.79 Å². The molecule has 2 aromatic rings. The molecule has 5 heteroatoms. The van der Waals surface area contributed by atoms with Crippen LogP contribution in [-0.2, 0) is 11.3 Å². The Kier molecular flexibility index (Phi) is 6.05. The summed E-state index contributed by atoms with van der Waals surface area (Å²) < 4.78 is 6.21. The fourth-order valence-corrected chi connectivity index (χ4v) is 4.33. The predicted octanol–water partition coefficient (Wildman–Crippen LogP) is 2.82. The number of ether oxygens (including phenoxy) is 1. The van der Waals surface area contributed by atoms with Gasteiger partial charge in [-0.1, -0.05) is 42.5 Å². The summed E-state index contributed by atoms with van der Waals surface area (Å²) in [5, 5.41) is 0. The molecule has 2 atom stereocenters. The summed E-state index contributed by atoms with van der Waals surface area (Å²) in [6.45, 7) is 4.78. The van der Waals surface area contributed by atoms with Gasteiger partial charge in [-0.05, 0) is 49.2 Å². The van der Waals surface area contributed by atoms with Crippen molar-refractivity contribution < 1.29 is 9.53 Å². The number of nitrogens with zero attached hydrogens (tertiary/aromatic N) is 2. The molecule has 0 aliphatic carbocycles. The Morgan fingerprint density at radius 3 is 2.39 bits per heavy atom. The number of amides is 1. The van der Waals surface area contributed by atoms with Gasteiger partial charge in [0.1, 0.15) is 0 Å². The van der Waals surface area contributed by atoms with E-state index in [0.29, 0.717) is 25.3 Å². The number of rotatable bonds is 5. The van der Waals surface area contributed by atoms with Crippen LogP contribution in [0.3, 0.4) is 0 Å². The molecule has 2 heterocycles. The Labute approximate surface area is 167 Å². The Hall–Kier alpha value is -2.21. The standard InChI is InChI=1S/C23H29N3O2/c24-16-18-8-10-20(11-9-18)23(27)26-14-15-28-21(17-25-12-4-5-13-25)22(26)19-6-2-1-3-7-19/h1-3,6-11,21-22H,4-5,12-17,24H2/t21-,22-/m0/s1. The molecule has 0 saturated carbocycles. The summed E-state index contributed by atoms with van der Waals surface area (Å²) >= 11 is 0. The van der Waals surface area contributed by atoms with Gasteiger partial charge >= 0.3 is 0 Å². The zero-order chi connectivity index (χ0) is 19.3. The van der Waals surface area contributed by atoms with Crippen molar-refractivity contribution in [1.29, 1.82) is 0 Å². The highest BCUT2D eigenvalue weighted by atomic mass is 16.5. The molecular formula is C23H29N3O2. The fraction of sp³-hybridized carbons (Fsp3) is 0.435. The molecule has 0 spiro atoms. The minimum Gasteiger partial charge on any atom is -0.373 e. The Morgan fingerprint density at radius 1 is 1.00 bits per heavy atom. The summed E-state index contributed by atoms with van der Waals surface area (Å²) in [4.78, 5) is 17.9. The first-order chi connectivity index (χ1) is 13.8. The van der Waals surface area contributed by atoms with Gasteiger partial charge in [0.25, 0.3) is 5.91 Å². The number of carbonyl (C=O) groups excluding carboxylic acids is 1. The normalized spacial score (nSPS) is 23.1. The number of hydrogen-bond donors (Lipinski definition) is 1. The molecule has 2 aliphatic heterocycles. The lowest BCUT2D eigenvalue weighted by Gasteiger charge is -2.42. The van der Waals surface area contributed by atoms with Crippen molar-refractivity contribution in [2.75, 3.05) is 32.8 Å². The van der Waals surface area contributed by atoms with E-state index in [-0.39, 0.29) is 18.1 Å². The first-order valence-corrected chi connectivity index (χ1v) is 10.2. The predicted molar refractivity (Wildman–Crippen MR) is 110 cm³/mol. The molecule has 2 fully saturated rings. The number of morpholine rings is 1. The molecule has 0 bridgehead atoms. The second-order valence-electron chi connectivity index (χ2n) is 7.67. The molecule has 2 aromatic carbocycles. The molecule has 1 amide bonds. The molecule has 0 aromatic heterocycles. The van der Waals surface area contributed by atoms with Gasteiger partial charge in [-0.2, -0.15) is 0 Å². The maximum atomic E-state index is 13.4. The monoisotopic (exact) mass is 379 g/mol. The van der Waals surface area contributed by atoms with Crippen molar-refractivity contribution in [1.82, 2.24) is 9.80 Å². The Morgan fingerprint density at radius 2 is 1.71 bits per heavy atom. The number of carbonyl (C=O) groups is 1. The Balaban J connectivity index is 1.61. The van der Waals surface area contributed by atoms with Gasteiger partial charge in [0.15, 0.2) is 0 Å². The van der Waals surface area contributed by atoms with Crippen LogP contribution in [0.1, 0.15) is 40.4 Å². The number of hydrogen-bond acceptors (Lipinski definition) is 4. The van der Waals surface area contributed by atoms with E-state index in [0.717, 1.165) is 30.8 Å². The second kappa shape index (κ2) is 8.86. The zero-order valence-electron chi connectivity index (χ0n) is 16.3. The van der Waals surface area contributed by atoms with Crippen LogP contribution in [0.4, 0.5) is 0 Å². The molecule has 2 N–H and O–H groups in total. The van der Waals surface area contributed by atoms with Gasteiger partial charge in [0.2, 0.25) is 0 Å². The van der Waals surface area contributed by atoms with E-state index in [2.05, 4.69) is 17.0 Å². The van der Waals surface area contributed by atoms with Crippen molar-refractivity contribution in [2.45, 2.75) is 31.5 Å². The summed E-state index contributed by atoms with van der Waals surface area (Å²) in [5.74, 6) is 0.0622. The third-order valence-corrected chi connectivity index (χ3v) is 5.83. The number of likely N-dealkylation sites (tertiary alicyclic amines) is 1. The lowest BCUT2D eigenvalue weighted by atomic mass is 9.96. The lowest BCUT2D eigenvalue weighted by Crippen LogP contribution is -2.51. The molecule has 148 valence electrons. The van der Waals surface area contributed by atoms with Crippen molar-refractivity contribution >= 4 is 5.91 Å². The minimum absolute atomic E-state index is 0.0125. The lowest BCUT2D eigenvalue weighted by molar-refractivity contribution is -0.0707. The van der Waals surface area contributed by atoms with Crippen LogP contribution in [0.25, 0.3) is 0 Å². The second-order valence-corrected chi connectivity index (χ2v) is 7.67.